The summed E-state index contributed by atoms with van der Waals surface area (Å²) in [6.45, 7) is 6.50. The summed E-state index contributed by atoms with van der Waals surface area (Å²) in [5.41, 5.74) is 0. The quantitative estimate of drug-likeness (QED) is 0.860. The number of rotatable bonds is 2. The van der Waals surface area contributed by atoms with E-state index in [9.17, 15) is 0 Å². The molecule has 0 aliphatic carbocycles. The van der Waals surface area contributed by atoms with Crippen LogP contribution in [0.4, 0.5) is 0 Å². The third-order valence-corrected chi connectivity index (χ3v) is 4.13. The second-order valence-electron chi connectivity index (χ2n) is 4.34. The van der Waals surface area contributed by atoms with Crippen molar-refractivity contribution in [3.63, 3.8) is 0 Å². The normalized spacial score (nSPS) is 27.3. The van der Waals surface area contributed by atoms with Crippen LogP contribution in [0.1, 0.15) is 32.6 Å². The van der Waals surface area contributed by atoms with Gasteiger partial charge in [0.2, 0.25) is 0 Å². The molecule has 0 spiro atoms. The molecule has 0 amide bonds. The van der Waals surface area contributed by atoms with Crippen LogP contribution < -0.4 is 5.32 Å². The lowest BCUT2D eigenvalue weighted by Crippen LogP contribution is -2.31. The fraction of sp³-hybridized carbons (Fsp3) is 0.583. The van der Waals surface area contributed by atoms with Gasteiger partial charge in [-0.05, 0) is 31.9 Å². The molecule has 3 nitrogen and oxygen atoms in total. The van der Waals surface area contributed by atoms with E-state index >= 15 is 0 Å². The van der Waals surface area contributed by atoms with E-state index in [1.807, 2.05) is 12.1 Å². The van der Waals surface area contributed by atoms with Crippen molar-refractivity contribution < 1.29 is 4.42 Å². The summed E-state index contributed by atoms with van der Waals surface area (Å²) >= 11 is 1.80. The van der Waals surface area contributed by atoms with Crippen molar-refractivity contribution in [2.75, 3.05) is 5.75 Å². The van der Waals surface area contributed by atoms with E-state index in [1.54, 1.807) is 18.0 Å². The zero-order valence-corrected chi connectivity index (χ0v) is 10.8. The molecule has 1 N–H and O–H groups in total. The molecule has 3 unspecified atom stereocenters. The third kappa shape index (κ3) is 2.61. The molecule has 3 atom stereocenters. The zero-order chi connectivity index (χ0) is 11.5. The van der Waals surface area contributed by atoms with Crippen LogP contribution in [0.15, 0.2) is 27.8 Å². The number of nitrogens with one attached hydrogen (secondary N) is 1. The minimum Gasteiger partial charge on any atom is -0.467 e. The molecule has 2 rings (SSSR count). The molecule has 0 saturated carbocycles. The Hall–Kier alpha value is -0.900. The van der Waals surface area contributed by atoms with Crippen molar-refractivity contribution in [1.82, 2.24) is 5.32 Å². The number of furan rings is 1. The van der Waals surface area contributed by atoms with Gasteiger partial charge in [0.25, 0.3) is 0 Å². The van der Waals surface area contributed by atoms with E-state index in [0.29, 0.717) is 12.0 Å². The van der Waals surface area contributed by atoms with Crippen LogP contribution in [0, 0.1) is 5.92 Å². The molecule has 0 bridgehead atoms. The van der Waals surface area contributed by atoms with Crippen molar-refractivity contribution in [3.8, 4) is 0 Å². The average Bonchev–Trinajstić information content (AvgIpc) is 2.77. The molecular weight excluding hydrogens is 220 g/mol. The smallest absolute Gasteiger partial charge is 0.157 e. The van der Waals surface area contributed by atoms with Gasteiger partial charge in [-0.15, -0.1) is 0 Å². The molecule has 16 heavy (non-hydrogen) atoms. The second kappa shape index (κ2) is 4.95. The Morgan fingerprint density at radius 3 is 3.00 bits per heavy atom. The van der Waals surface area contributed by atoms with E-state index in [1.165, 1.54) is 0 Å². The maximum Gasteiger partial charge on any atom is 0.157 e. The highest BCUT2D eigenvalue weighted by molar-refractivity contribution is 8.13. The van der Waals surface area contributed by atoms with E-state index in [2.05, 4.69) is 31.1 Å². The van der Waals surface area contributed by atoms with Crippen LogP contribution in [0.2, 0.25) is 0 Å². The van der Waals surface area contributed by atoms with Crippen LogP contribution in [-0.2, 0) is 0 Å². The summed E-state index contributed by atoms with van der Waals surface area (Å²) < 4.78 is 5.36. The van der Waals surface area contributed by atoms with Crippen LogP contribution in [0.5, 0.6) is 0 Å². The second-order valence-corrected chi connectivity index (χ2v) is 5.35. The minimum absolute atomic E-state index is 0.182. The first-order valence-electron chi connectivity index (χ1n) is 5.67. The minimum atomic E-state index is 0.182. The summed E-state index contributed by atoms with van der Waals surface area (Å²) in [5.74, 6) is 2.75. The number of hydrogen-bond donors (Lipinski definition) is 1. The number of thioether (sulfide) groups is 1. The summed E-state index contributed by atoms with van der Waals surface area (Å²) in [5, 5.41) is 4.43. The van der Waals surface area contributed by atoms with Crippen molar-refractivity contribution >= 4 is 16.9 Å². The molecule has 0 fully saturated rings. The predicted molar refractivity (Wildman–Crippen MR) is 68.8 cm³/mol. The first-order chi connectivity index (χ1) is 7.66. The largest absolute Gasteiger partial charge is 0.467 e. The molecule has 1 aliphatic heterocycles. The third-order valence-electron chi connectivity index (χ3n) is 2.94. The molecule has 0 saturated heterocycles. The van der Waals surface area contributed by atoms with Gasteiger partial charge < -0.3 is 9.73 Å². The molecule has 1 aliphatic rings. The average molecular weight is 238 g/mol. The van der Waals surface area contributed by atoms with Gasteiger partial charge in [0, 0.05) is 5.75 Å². The highest BCUT2D eigenvalue weighted by Gasteiger charge is 2.20. The predicted octanol–water partition coefficient (Wildman–Crippen LogP) is 3.06. The molecule has 2 heterocycles. The van der Waals surface area contributed by atoms with Crippen molar-refractivity contribution in [2.45, 2.75) is 32.9 Å². The lowest BCUT2D eigenvalue weighted by atomic mass is 10.1. The monoisotopic (exact) mass is 238 g/mol. The van der Waals surface area contributed by atoms with Crippen molar-refractivity contribution in [2.24, 2.45) is 10.9 Å². The highest BCUT2D eigenvalue weighted by Crippen LogP contribution is 2.23. The molecule has 4 heteroatoms. The fourth-order valence-electron chi connectivity index (χ4n) is 1.57. The Morgan fingerprint density at radius 2 is 2.38 bits per heavy atom. The standard InChI is InChI=1S/C12H18N2OS/c1-8-7-16-12(13-9(8)2)14-10(3)11-5-4-6-15-11/h4-6,8-10H,7H2,1-3H3,(H,13,14). The van der Waals surface area contributed by atoms with Gasteiger partial charge >= 0.3 is 0 Å². The first kappa shape index (κ1) is 11.6. The van der Waals surface area contributed by atoms with Gasteiger partial charge in [-0.2, -0.15) is 0 Å². The Labute approximate surface area is 101 Å². The maximum absolute atomic E-state index is 5.36. The van der Waals surface area contributed by atoms with Gasteiger partial charge in [-0.3, -0.25) is 4.99 Å². The van der Waals surface area contributed by atoms with E-state index in [0.717, 1.165) is 16.7 Å². The van der Waals surface area contributed by atoms with Crippen molar-refractivity contribution in [1.29, 1.82) is 0 Å². The zero-order valence-electron chi connectivity index (χ0n) is 9.93. The van der Waals surface area contributed by atoms with E-state index in [4.69, 9.17) is 4.42 Å². The molecular formula is C12H18N2OS. The number of amidine groups is 1. The summed E-state index contributed by atoms with van der Waals surface area (Å²) in [7, 11) is 0. The first-order valence-corrected chi connectivity index (χ1v) is 6.66. The fourth-order valence-corrected chi connectivity index (χ4v) is 2.77. The Morgan fingerprint density at radius 1 is 1.56 bits per heavy atom. The van der Waals surface area contributed by atoms with Gasteiger partial charge in [0.1, 0.15) is 5.76 Å². The topological polar surface area (TPSA) is 37.5 Å². The van der Waals surface area contributed by atoms with Gasteiger partial charge in [0.05, 0.1) is 18.3 Å². The van der Waals surface area contributed by atoms with Crippen LogP contribution in [-0.4, -0.2) is 17.0 Å². The van der Waals surface area contributed by atoms with Crippen LogP contribution in [0.3, 0.4) is 0 Å². The highest BCUT2D eigenvalue weighted by atomic mass is 32.2. The number of aliphatic imine (C=N–C) groups is 1. The number of nitrogens with zero attached hydrogens (tertiary/aromatic N) is 1. The van der Waals surface area contributed by atoms with E-state index < -0.39 is 0 Å². The van der Waals surface area contributed by atoms with Gasteiger partial charge in [-0.1, -0.05) is 18.7 Å². The Bertz CT molecular complexity index is 361. The molecule has 1 aromatic heterocycles. The molecule has 0 aromatic carbocycles. The summed E-state index contributed by atoms with van der Waals surface area (Å²) in [4.78, 5) is 4.64. The Kier molecular flexibility index (Phi) is 3.59. The molecule has 88 valence electrons. The van der Waals surface area contributed by atoms with Crippen LogP contribution >= 0.6 is 11.8 Å². The number of hydrogen-bond acceptors (Lipinski definition) is 4. The maximum atomic E-state index is 5.36. The van der Waals surface area contributed by atoms with Crippen LogP contribution in [0.25, 0.3) is 0 Å². The lowest BCUT2D eigenvalue weighted by molar-refractivity contribution is 0.461. The van der Waals surface area contributed by atoms with Gasteiger partial charge in [0.15, 0.2) is 5.17 Å². The SMILES string of the molecule is CC(NC1=NC(C)C(C)CS1)c1ccco1. The summed E-state index contributed by atoms with van der Waals surface area (Å²) in [6.07, 6.45) is 1.70. The molecule has 1 aromatic rings. The van der Waals surface area contributed by atoms with Gasteiger partial charge in [-0.25, -0.2) is 0 Å². The Balaban J connectivity index is 1.98. The van der Waals surface area contributed by atoms with Crippen molar-refractivity contribution in [3.05, 3.63) is 24.2 Å². The molecule has 0 radical (unpaired) electrons. The summed E-state index contributed by atoms with van der Waals surface area (Å²) in [6, 6.07) is 4.49. The van der Waals surface area contributed by atoms with E-state index in [-0.39, 0.29) is 6.04 Å². The lowest BCUT2D eigenvalue weighted by Gasteiger charge is -2.25.